The third kappa shape index (κ3) is 3.69. The van der Waals surface area contributed by atoms with Gasteiger partial charge in [-0.2, -0.15) is 0 Å². The van der Waals surface area contributed by atoms with Crippen molar-refractivity contribution in [3.8, 4) is 5.75 Å². The van der Waals surface area contributed by atoms with Crippen LogP contribution < -0.4 is 10.5 Å². The predicted molar refractivity (Wildman–Crippen MR) is 78.8 cm³/mol. The van der Waals surface area contributed by atoms with Crippen LogP contribution in [0.15, 0.2) is 16.6 Å². The molecule has 1 aliphatic carbocycles. The van der Waals surface area contributed by atoms with E-state index in [0.29, 0.717) is 10.2 Å². The molecule has 0 bridgehead atoms. The standard InChI is InChI=1S/C15H21BrFNO/c1-19-15-9-13(17)12(16)8-11(15)14(18)7-6-10-4-2-3-5-10/h8-10,14H,2-7,18H2,1H3. The van der Waals surface area contributed by atoms with Gasteiger partial charge in [0, 0.05) is 17.7 Å². The zero-order chi connectivity index (χ0) is 13.8. The lowest BCUT2D eigenvalue weighted by Crippen LogP contribution is -2.13. The Morgan fingerprint density at radius 1 is 1.42 bits per heavy atom. The predicted octanol–water partition coefficient (Wildman–Crippen LogP) is 4.57. The molecule has 4 heteroatoms. The van der Waals surface area contributed by atoms with Crippen molar-refractivity contribution in [1.82, 2.24) is 0 Å². The SMILES string of the molecule is COc1cc(F)c(Br)cc1C(N)CCC1CCCC1. The van der Waals surface area contributed by atoms with Crippen molar-refractivity contribution in [2.75, 3.05) is 7.11 Å². The van der Waals surface area contributed by atoms with Gasteiger partial charge in [-0.15, -0.1) is 0 Å². The fourth-order valence-corrected chi connectivity index (χ4v) is 3.24. The Balaban J connectivity index is 2.04. The van der Waals surface area contributed by atoms with E-state index in [9.17, 15) is 4.39 Å². The summed E-state index contributed by atoms with van der Waals surface area (Å²) in [5.74, 6) is 1.05. The zero-order valence-corrected chi connectivity index (χ0v) is 12.9. The number of rotatable bonds is 5. The Bertz CT molecular complexity index is 432. The topological polar surface area (TPSA) is 35.2 Å². The molecule has 2 N–H and O–H groups in total. The molecule has 1 aromatic carbocycles. The molecule has 1 atom stereocenters. The highest BCUT2D eigenvalue weighted by Gasteiger charge is 2.19. The first-order chi connectivity index (χ1) is 9.11. The Morgan fingerprint density at radius 2 is 2.11 bits per heavy atom. The van der Waals surface area contributed by atoms with Crippen molar-refractivity contribution in [2.45, 2.75) is 44.6 Å². The average molecular weight is 330 g/mol. The summed E-state index contributed by atoms with van der Waals surface area (Å²) >= 11 is 3.21. The number of halogens is 2. The van der Waals surface area contributed by atoms with Crippen LogP contribution in [0.3, 0.4) is 0 Å². The van der Waals surface area contributed by atoms with E-state index in [4.69, 9.17) is 10.5 Å². The molecule has 0 heterocycles. The number of methoxy groups -OCH3 is 1. The van der Waals surface area contributed by atoms with Gasteiger partial charge in [-0.25, -0.2) is 4.39 Å². The van der Waals surface area contributed by atoms with Gasteiger partial charge in [0.25, 0.3) is 0 Å². The summed E-state index contributed by atoms with van der Waals surface area (Å²) in [4.78, 5) is 0. The minimum Gasteiger partial charge on any atom is -0.496 e. The second kappa shape index (κ2) is 6.71. The van der Waals surface area contributed by atoms with Crippen LogP contribution in [0.5, 0.6) is 5.75 Å². The van der Waals surface area contributed by atoms with Gasteiger partial charge in [0.05, 0.1) is 11.6 Å². The first kappa shape index (κ1) is 14.8. The number of hydrogen-bond donors (Lipinski definition) is 1. The third-order valence-corrected chi connectivity index (χ3v) is 4.64. The fourth-order valence-electron chi connectivity index (χ4n) is 2.88. The van der Waals surface area contributed by atoms with Crippen LogP contribution in [0.2, 0.25) is 0 Å². The molecule has 1 aromatic rings. The van der Waals surface area contributed by atoms with E-state index in [-0.39, 0.29) is 11.9 Å². The lowest BCUT2D eigenvalue weighted by molar-refractivity contribution is 0.394. The van der Waals surface area contributed by atoms with E-state index >= 15 is 0 Å². The molecule has 1 aliphatic rings. The summed E-state index contributed by atoms with van der Waals surface area (Å²) in [6, 6.07) is 3.05. The summed E-state index contributed by atoms with van der Waals surface area (Å²) in [5, 5.41) is 0. The van der Waals surface area contributed by atoms with Crippen LogP contribution in [0.4, 0.5) is 4.39 Å². The molecule has 19 heavy (non-hydrogen) atoms. The first-order valence-corrected chi connectivity index (χ1v) is 7.69. The van der Waals surface area contributed by atoms with Gasteiger partial charge in [0.1, 0.15) is 11.6 Å². The van der Waals surface area contributed by atoms with Gasteiger partial charge in [-0.1, -0.05) is 25.7 Å². The monoisotopic (exact) mass is 329 g/mol. The molecule has 0 saturated heterocycles. The molecule has 1 fully saturated rings. The maximum absolute atomic E-state index is 13.5. The number of ether oxygens (including phenoxy) is 1. The van der Waals surface area contributed by atoms with Crippen molar-refractivity contribution in [2.24, 2.45) is 11.7 Å². The van der Waals surface area contributed by atoms with Gasteiger partial charge in [-0.05, 0) is 40.8 Å². The van der Waals surface area contributed by atoms with Crippen LogP contribution in [0.1, 0.15) is 50.1 Å². The van der Waals surface area contributed by atoms with Crippen molar-refractivity contribution in [3.05, 3.63) is 28.0 Å². The zero-order valence-electron chi connectivity index (χ0n) is 11.3. The normalized spacial score (nSPS) is 17.7. The van der Waals surface area contributed by atoms with E-state index in [1.807, 2.05) is 0 Å². The summed E-state index contributed by atoms with van der Waals surface area (Å²) in [6.45, 7) is 0. The second-order valence-electron chi connectivity index (χ2n) is 5.34. The summed E-state index contributed by atoms with van der Waals surface area (Å²) < 4.78 is 19.2. The lowest BCUT2D eigenvalue weighted by atomic mass is 9.95. The van der Waals surface area contributed by atoms with Gasteiger partial charge >= 0.3 is 0 Å². The highest BCUT2D eigenvalue weighted by molar-refractivity contribution is 9.10. The molecule has 1 saturated carbocycles. The second-order valence-corrected chi connectivity index (χ2v) is 6.20. The molecular formula is C15H21BrFNO. The molecule has 0 amide bonds. The van der Waals surface area contributed by atoms with Crippen molar-refractivity contribution in [1.29, 1.82) is 0 Å². The number of benzene rings is 1. The van der Waals surface area contributed by atoms with Crippen LogP contribution in [0.25, 0.3) is 0 Å². The molecule has 0 aromatic heterocycles. The van der Waals surface area contributed by atoms with E-state index in [1.54, 1.807) is 13.2 Å². The summed E-state index contributed by atoms with van der Waals surface area (Å²) in [5.41, 5.74) is 7.13. The van der Waals surface area contributed by atoms with Crippen molar-refractivity contribution >= 4 is 15.9 Å². The molecule has 106 valence electrons. The Labute approximate surface area is 122 Å². The Hall–Kier alpha value is -0.610. The largest absolute Gasteiger partial charge is 0.496 e. The van der Waals surface area contributed by atoms with Crippen LogP contribution in [0, 0.1) is 11.7 Å². The number of hydrogen-bond acceptors (Lipinski definition) is 2. The van der Waals surface area contributed by atoms with Gasteiger partial charge < -0.3 is 10.5 Å². The molecule has 0 spiro atoms. The average Bonchev–Trinajstić information content (AvgIpc) is 2.91. The van der Waals surface area contributed by atoms with Crippen molar-refractivity contribution in [3.63, 3.8) is 0 Å². The van der Waals surface area contributed by atoms with Crippen LogP contribution in [-0.4, -0.2) is 7.11 Å². The summed E-state index contributed by atoms with van der Waals surface area (Å²) in [6.07, 6.45) is 7.45. The van der Waals surface area contributed by atoms with Gasteiger partial charge in [-0.3, -0.25) is 0 Å². The van der Waals surface area contributed by atoms with E-state index < -0.39 is 0 Å². The molecule has 0 aliphatic heterocycles. The maximum Gasteiger partial charge on any atom is 0.141 e. The van der Waals surface area contributed by atoms with Crippen molar-refractivity contribution < 1.29 is 9.13 Å². The van der Waals surface area contributed by atoms with Gasteiger partial charge in [0.2, 0.25) is 0 Å². The fraction of sp³-hybridized carbons (Fsp3) is 0.600. The first-order valence-electron chi connectivity index (χ1n) is 6.90. The number of nitrogens with two attached hydrogens (primary N) is 1. The highest BCUT2D eigenvalue weighted by atomic mass is 79.9. The molecule has 1 unspecified atom stereocenters. The molecule has 2 nitrogen and oxygen atoms in total. The van der Waals surface area contributed by atoms with Crippen LogP contribution >= 0.6 is 15.9 Å². The minimum atomic E-state index is -0.316. The van der Waals surface area contributed by atoms with E-state index in [1.165, 1.54) is 31.7 Å². The lowest BCUT2D eigenvalue weighted by Gasteiger charge is -2.18. The smallest absolute Gasteiger partial charge is 0.141 e. The molecule has 0 radical (unpaired) electrons. The van der Waals surface area contributed by atoms with E-state index in [2.05, 4.69) is 15.9 Å². The molecule has 2 rings (SSSR count). The third-order valence-electron chi connectivity index (χ3n) is 4.03. The Morgan fingerprint density at radius 3 is 2.74 bits per heavy atom. The van der Waals surface area contributed by atoms with E-state index in [0.717, 1.165) is 24.3 Å². The van der Waals surface area contributed by atoms with Crippen LogP contribution in [-0.2, 0) is 0 Å². The highest BCUT2D eigenvalue weighted by Crippen LogP contribution is 2.35. The van der Waals surface area contributed by atoms with Gasteiger partial charge in [0.15, 0.2) is 0 Å². The maximum atomic E-state index is 13.5. The molecular weight excluding hydrogens is 309 g/mol. The quantitative estimate of drug-likeness (QED) is 0.858. The minimum absolute atomic E-state index is 0.0903. The summed E-state index contributed by atoms with van der Waals surface area (Å²) in [7, 11) is 1.55. The Kier molecular flexibility index (Phi) is 5.22.